The number of thioether (sulfide) groups is 2. The van der Waals surface area contributed by atoms with E-state index < -0.39 is 77.9 Å². The summed E-state index contributed by atoms with van der Waals surface area (Å²) in [4.78, 5) is 82.5. The fraction of sp³-hybridized carbons (Fsp3) is 0.318. The lowest BCUT2D eigenvalue weighted by Gasteiger charge is -2.49. The number of nitrogens with one attached hydrogen (secondary N) is 2. The molecule has 8 N–H and O–H groups in total. The molecule has 1 saturated heterocycles. The number of aromatic amines is 1. The van der Waals surface area contributed by atoms with Crippen LogP contribution in [0.1, 0.15) is 5.69 Å². The minimum Gasteiger partial charge on any atom is -0.479 e. The van der Waals surface area contributed by atoms with Crippen molar-refractivity contribution in [2.45, 2.75) is 29.2 Å². The molecule has 22 heteroatoms. The van der Waals surface area contributed by atoms with E-state index in [4.69, 9.17) is 15.9 Å². The van der Waals surface area contributed by atoms with Gasteiger partial charge in [0.05, 0.1) is 19.3 Å². The quantitative estimate of drug-likeness (QED) is 0.0371. The van der Waals surface area contributed by atoms with Crippen molar-refractivity contribution in [1.29, 1.82) is 0 Å². The number of carboxylic acids is 2. The van der Waals surface area contributed by atoms with Crippen LogP contribution in [0.4, 0.5) is 5.13 Å². The number of hydrogen-bond acceptors (Lipinski definition) is 16. The first-order valence-corrected chi connectivity index (χ1v) is 14.9. The van der Waals surface area contributed by atoms with E-state index in [2.05, 4.69) is 25.4 Å². The second-order valence-corrected chi connectivity index (χ2v) is 11.6. The highest BCUT2D eigenvalue weighted by Gasteiger charge is 2.54. The molecule has 3 atom stereocenters. The summed E-state index contributed by atoms with van der Waals surface area (Å²) in [6.45, 7) is -1.95. The fourth-order valence-electron chi connectivity index (χ4n) is 3.85. The molecule has 4 rings (SSSR count). The van der Waals surface area contributed by atoms with Crippen molar-refractivity contribution in [2.75, 3.05) is 24.7 Å². The molecular weight excluding hydrogens is 648 g/mol. The summed E-state index contributed by atoms with van der Waals surface area (Å²) < 4.78 is 0.851. The van der Waals surface area contributed by atoms with E-state index in [1.54, 1.807) is 0 Å². The average Bonchev–Trinajstić information content (AvgIpc) is 3.42. The Morgan fingerprint density at radius 3 is 2.70 bits per heavy atom. The SMILES string of the molecule is Nc1nc(C(=NOCC(=O)O)C(=O)NC2C(=O)N3C(C(=O)O)=C(C=CSc4n[nH]c(=O)c(=O)n4CC(O)CO)CSC23)cs1. The van der Waals surface area contributed by atoms with Crippen molar-refractivity contribution >= 4 is 69.5 Å². The molecule has 1 fully saturated rings. The van der Waals surface area contributed by atoms with Gasteiger partial charge >= 0.3 is 23.1 Å². The lowest BCUT2D eigenvalue weighted by Crippen LogP contribution is -2.71. The van der Waals surface area contributed by atoms with Crippen molar-refractivity contribution in [2.24, 2.45) is 5.16 Å². The first-order chi connectivity index (χ1) is 20.9. The summed E-state index contributed by atoms with van der Waals surface area (Å²) in [5.41, 5.74) is 2.93. The summed E-state index contributed by atoms with van der Waals surface area (Å²) in [5, 5.41) is 51.2. The number of carbonyl (C=O) groups is 4. The van der Waals surface area contributed by atoms with Crippen molar-refractivity contribution in [3.63, 3.8) is 0 Å². The molecule has 19 nitrogen and oxygen atoms in total. The third-order valence-electron chi connectivity index (χ3n) is 5.78. The number of allylic oxidation sites excluding steroid dienone is 1. The number of hydrogen-bond donors (Lipinski definition) is 7. The van der Waals surface area contributed by atoms with Gasteiger partial charge in [0.2, 0.25) is 6.61 Å². The predicted molar refractivity (Wildman–Crippen MR) is 154 cm³/mol. The minimum atomic E-state index is -1.43. The Balaban J connectivity index is 1.52. The van der Waals surface area contributed by atoms with Crippen LogP contribution < -0.4 is 22.2 Å². The monoisotopic (exact) mass is 670 g/mol. The predicted octanol–water partition coefficient (Wildman–Crippen LogP) is -2.83. The zero-order valence-corrected chi connectivity index (χ0v) is 24.4. The van der Waals surface area contributed by atoms with Gasteiger partial charge in [0.1, 0.15) is 22.8 Å². The molecule has 4 heterocycles. The maximum Gasteiger partial charge on any atom is 0.352 e. The maximum absolute atomic E-state index is 13.1. The van der Waals surface area contributed by atoms with Crippen LogP contribution in [0, 0.1) is 0 Å². The molecule has 2 aliphatic heterocycles. The molecule has 0 saturated carbocycles. The number of aliphatic carboxylic acids is 2. The first kappa shape index (κ1) is 32.4. The third-order valence-corrected chi connectivity index (χ3v) is 8.55. The number of carbonyl (C=O) groups excluding carboxylic acids is 2. The number of thiazole rings is 1. The van der Waals surface area contributed by atoms with Gasteiger partial charge in [-0.05, 0) is 17.1 Å². The van der Waals surface area contributed by atoms with E-state index in [-0.39, 0.29) is 33.0 Å². The van der Waals surface area contributed by atoms with Crippen molar-refractivity contribution in [3.8, 4) is 0 Å². The molecule has 2 amide bonds. The highest BCUT2D eigenvalue weighted by molar-refractivity contribution is 8.02. The number of H-pyrrole nitrogens is 1. The number of oxime groups is 1. The van der Waals surface area contributed by atoms with Crippen LogP contribution in [0.5, 0.6) is 0 Å². The molecule has 0 spiro atoms. The van der Waals surface area contributed by atoms with Crippen molar-refractivity contribution < 1.29 is 44.4 Å². The average molecular weight is 671 g/mol. The van der Waals surface area contributed by atoms with Gasteiger partial charge in [-0.1, -0.05) is 16.9 Å². The number of β-lactam (4-membered cyclic amide) rings is 1. The van der Waals surface area contributed by atoms with Crippen molar-refractivity contribution in [3.05, 3.63) is 54.5 Å². The van der Waals surface area contributed by atoms with Crippen LogP contribution in [-0.4, -0.2) is 111 Å². The molecule has 2 aromatic rings. The number of carboxylic acid groups (broad SMARTS) is 2. The van der Waals surface area contributed by atoms with Gasteiger partial charge in [0.15, 0.2) is 16.0 Å². The molecule has 3 unspecified atom stereocenters. The van der Waals surface area contributed by atoms with Gasteiger partial charge in [-0.15, -0.1) is 28.2 Å². The van der Waals surface area contributed by atoms with Gasteiger partial charge in [-0.2, -0.15) is 0 Å². The number of nitrogens with zero attached hydrogens (tertiary/aromatic N) is 5. The van der Waals surface area contributed by atoms with Crippen LogP contribution in [0.3, 0.4) is 0 Å². The number of nitrogens with two attached hydrogens (primary N) is 1. The summed E-state index contributed by atoms with van der Waals surface area (Å²) >= 11 is 2.93. The highest BCUT2D eigenvalue weighted by atomic mass is 32.2. The minimum absolute atomic E-state index is 0.0281. The molecule has 0 bridgehead atoms. The van der Waals surface area contributed by atoms with Crippen molar-refractivity contribution in [1.82, 2.24) is 30.0 Å². The molecule has 234 valence electrons. The molecule has 2 aliphatic rings. The fourth-order valence-corrected chi connectivity index (χ4v) is 6.45. The summed E-state index contributed by atoms with van der Waals surface area (Å²) in [6, 6.07) is -1.17. The Hall–Kier alpha value is -4.51. The molecule has 0 aromatic carbocycles. The number of fused-ring (bicyclic) bond motifs is 1. The highest BCUT2D eigenvalue weighted by Crippen LogP contribution is 2.41. The van der Waals surface area contributed by atoms with Crippen LogP contribution in [-0.2, 0) is 30.6 Å². The van der Waals surface area contributed by atoms with Crippen LogP contribution in [0.2, 0.25) is 0 Å². The summed E-state index contributed by atoms with van der Waals surface area (Å²) in [7, 11) is 0. The second kappa shape index (κ2) is 13.9. The zero-order chi connectivity index (χ0) is 32.1. The standard InChI is InChI=1S/C22H22N8O11S3/c23-21-24-10(7-44-21)12(28-41-5-11(33)34)15(35)25-13-17(37)30-14(20(39)40)8(6-43-19(13)30)1-2-42-22-27-26-16(36)18(38)29(22)3-9(32)4-31/h1-2,7,9,13,19,31-32H,3-6H2,(H2,23,24)(H,25,35)(H,26,36)(H,33,34)(H,39,40). The topological polar surface area (TPSA) is 293 Å². The molecule has 44 heavy (non-hydrogen) atoms. The second-order valence-electron chi connectivity index (χ2n) is 8.73. The van der Waals surface area contributed by atoms with Gasteiger partial charge in [0, 0.05) is 11.1 Å². The molecule has 2 aromatic heterocycles. The zero-order valence-electron chi connectivity index (χ0n) is 22.0. The number of aliphatic hydroxyl groups excluding tert-OH is 2. The van der Waals surface area contributed by atoms with Gasteiger partial charge in [0.25, 0.3) is 11.8 Å². The normalized spacial score (nSPS) is 19.0. The Kier molecular flexibility index (Phi) is 10.2. The summed E-state index contributed by atoms with van der Waals surface area (Å²) in [5.74, 6) is -4.38. The Labute approximate surface area is 257 Å². The first-order valence-electron chi connectivity index (χ1n) is 12.1. The van der Waals surface area contributed by atoms with Gasteiger partial charge in [-0.3, -0.25) is 28.6 Å². The number of nitrogen functional groups attached to an aromatic ring is 1. The molecular formula is C22H22N8O11S3. The van der Waals surface area contributed by atoms with Crippen LogP contribution >= 0.6 is 34.9 Å². The van der Waals surface area contributed by atoms with E-state index in [1.807, 2.05) is 5.10 Å². The van der Waals surface area contributed by atoms with Gasteiger partial charge < -0.3 is 36.3 Å². The molecule has 0 radical (unpaired) electrons. The Morgan fingerprint density at radius 1 is 1.32 bits per heavy atom. The van der Waals surface area contributed by atoms with E-state index in [0.717, 1.165) is 44.3 Å². The summed E-state index contributed by atoms with van der Waals surface area (Å²) in [6.07, 6.45) is 0.0235. The largest absolute Gasteiger partial charge is 0.479 e. The number of aromatic nitrogens is 4. The maximum atomic E-state index is 13.1. The Bertz CT molecular complexity index is 1700. The third kappa shape index (κ3) is 6.99. The van der Waals surface area contributed by atoms with Gasteiger partial charge in [-0.25, -0.2) is 19.7 Å². The molecule has 0 aliphatic carbocycles. The van der Waals surface area contributed by atoms with E-state index in [9.17, 15) is 39.0 Å². The lowest BCUT2D eigenvalue weighted by molar-refractivity contribution is -0.150. The number of aliphatic hydroxyl groups is 2. The lowest BCUT2D eigenvalue weighted by atomic mass is 10.0. The Morgan fingerprint density at radius 2 is 2.07 bits per heavy atom. The van der Waals surface area contributed by atoms with E-state index >= 15 is 0 Å². The van der Waals surface area contributed by atoms with E-state index in [1.165, 1.54) is 16.9 Å². The van der Waals surface area contributed by atoms with Crippen LogP contribution in [0.25, 0.3) is 0 Å². The number of amides is 2. The van der Waals surface area contributed by atoms with E-state index in [0.29, 0.717) is 0 Å². The smallest absolute Gasteiger partial charge is 0.352 e. The van der Waals surface area contributed by atoms with Crippen LogP contribution in [0.15, 0.2) is 48.0 Å². The number of rotatable bonds is 13. The number of anilines is 1.